The molecule has 3 rings (SSSR count). The van der Waals surface area contributed by atoms with E-state index >= 15 is 0 Å². The highest BCUT2D eigenvalue weighted by atomic mass is 32.2. The average Bonchev–Trinajstić information content (AvgIpc) is 3.17. The Morgan fingerprint density at radius 3 is 2.71 bits per heavy atom. The number of thiazole rings is 1. The third-order valence-electron chi connectivity index (χ3n) is 3.25. The van der Waals surface area contributed by atoms with Crippen molar-refractivity contribution in [3.63, 3.8) is 0 Å². The number of hydrogen-bond donors (Lipinski definition) is 1. The standard InChI is InChI=1S/C15H12F2N2O3S2/c1-9-14(23-15(19-9)13-3-2-6-22-13)8-18-24(20,21)10-4-5-11(16)12(17)7-10/h2-7,18H,8H2,1H3. The van der Waals surface area contributed by atoms with Crippen molar-refractivity contribution in [2.75, 3.05) is 0 Å². The first kappa shape index (κ1) is 16.7. The molecule has 0 bridgehead atoms. The van der Waals surface area contributed by atoms with E-state index in [1.807, 2.05) is 0 Å². The molecule has 0 aliphatic carbocycles. The molecule has 1 N–H and O–H groups in total. The minimum absolute atomic E-state index is 0.00840. The Hall–Kier alpha value is -2.10. The summed E-state index contributed by atoms with van der Waals surface area (Å²) in [6.45, 7) is 1.75. The van der Waals surface area contributed by atoms with Gasteiger partial charge in [0, 0.05) is 11.4 Å². The largest absolute Gasteiger partial charge is 0.462 e. The van der Waals surface area contributed by atoms with Crippen molar-refractivity contribution in [3.05, 3.63) is 58.8 Å². The van der Waals surface area contributed by atoms with Crippen LogP contribution in [0.15, 0.2) is 45.9 Å². The van der Waals surface area contributed by atoms with Crippen LogP contribution in [-0.2, 0) is 16.6 Å². The molecule has 24 heavy (non-hydrogen) atoms. The minimum atomic E-state index is -3.96. The molecule has 9 heteroatoms. The number of halogens is 2. The molecule has 0 spiro atoms. The van der Waals surface area contributed by atoms with Crippen molar-refractivity contribution in [2.24, 2.45) is 0 Å². The van der Waals surface area contributed by atoms with Gasteiger partial charge in [-0.2, -0.15) is 0 Å². The van der Waals surface area contributed by atoms with Gasteiger partial charge in [-0.25, -0.2) is 26.9 Å². The Bertz CT molecular complexity index is 967. The molecule has 0 fully saturated rings. The molecule has 0 saturated heterocycles. The van der Waals surface area contributed by atoms with Crippen molar-refractivity contribution < 1.29 is 21.6 Å². The molecule has 2 aromatic heterocycles. The van der Waals surface area contributed by atoms with Crippen LogP contribution in [0.1, 0.15) is 10.6 Å². The molecule has 5 nitrogen and oxygen atoms in total. The van der Waals surface area contributed by atoms with Gasteiger partial charge in [-0.1, -0.05) is 0 Å². The lowest BCUT2D eigenvalue weighted by Gasteiger charge is -2.06. The fourth-order valence-corrected chi connectivity index (χ4v) is 4.05. The van der Waals surface area contributed by atoms with Gasteiger partial charge in [-0.3, -0.25) is 0 Å². The number of benzene rings is 1. The smallest absolute Gasteiger partial charge is 0.241 e. The van der Waals surface area contributed by atoms with E-state index in [0.29, 0.717) is 27.4 Å². The van der Waals surface area contributed by atoms with Crippen LogP contribution >= 0.6 is 11.3 Å². The summed E-state index contributed by atoms with van der Waals surface area (Å²) in [6, 6.07) is 5.92. The van der Waals surface area contributed by atoms with Gasteiger partial charge in [-0.15, -0.1) is 11.3 Å². The summed E-state index contributed by atoms with van der Waals surface area (Å²) in [7, 11) is -3.96. The highest BCUT2D eigenvalue weighted by Crippen LogP contribution is 2.28. The van der Waals surface area contributed by atoms with Gasteiger partial charge in [0.2, 0.25) is 10.0 Å². The SMILES string of the molecule is Cc1nc(-c2ccco2)sc1CNS(=O)(=O)c1ccc(F)c(F)c1. The number of hydrogen-bond acceptors (Lipinski definition) is 5. The quantitative estimate of drug-likeness (QED) is 0.746. The van der Waals surface area contributed by atoms with E-state index in [1.54, 1.807) is 19.1 Å². The number of nitrogens with one attached hydrogen (secondary N) is 1. The molecule has 0 amide bonds. The fourth-order valence-electron chi connectivity index (χ4n) is 1.99. The summed E-state index contributed by atoms with van der Waals surface area (Å²) in [5, 5.41) is 0.638. The second kappa shape index (κ2) is 6.42. The molecule has 0 radical (unpaired) electrons. The van der Waals surface area contributed by atoms with Crippen molar-refractivity contribution in [3.8, 4) is 10.8 Å². The monoisotopic (exact) mass is 370 g/mol. The van der Waals surface area contributed by atoms with Gasteiger partial charge >= 0.3 is 0 Å². The normalized spacial score (nSPS) is 11.8. The van der Waals surface area contributed by atoms with Crippen molar-refractivity contribution >= 4 is 21.4 Å². The van der Waals surface area contributed by atoms with E-state index < -0.39 is 21.7 Å². The highest BCUT2D eigenvalue weighted by Gasteiger charge is 2.18. The van der Waals surface area contributed by atoms with Gasteiger partial charge in [0.15, 0.2) is 22.4 Å². The summed E-state index contributed by atoms with van der Waals surface area (Å²) in [4.78, 5) is 4.70. The Morgan fingerprint density at radius 1 is 1.25 bits per heavy atom. The molecule has 3 aromatic rings. The summed E-state index contributed by atoms with van der Waals surface area (Å²) in [6.07, 6.45) is 1.53. The maximum absolute atomic E-state index is 13.2. The summed E-state index contributed by atoms with van der Waals surface area (Å²) >= 11 is 1.29. The number of furan rings is 1. The molecule has 0 unspecified atom stereocenters. The number of aromatic nitrogens is 1. The Morgan fingerprint density at radius 2 is 2.04 bits per heavy atom. The molecule has 0 aliphatic rings. The maximum Gasteiger partial charge on any atom is 0.241 e. The van der Waals surface area contributed by atoms with Crippen molar-refractivity contribution in [1.29, 1.82) is 0 Å². The third kappa shape index (κ3) is 3.37. The number of aryl methyl sites for hydroxylation is 1. The Kier molecular flexibility index (Phi) is 4.48. The first-order valence-electron chi connectivity index (χ1n) is 6.82. The second-order valence-electron chi connectivity index (χ2n) is 4.91. The molecule has 0 saturated carbocycles. The van der Waals surface area contributed by atoms with Gasteiger partial charge in [0.1, 0.15) is 0 Å². The summed E-state index contributed by atoms with van der Waals surface area (Å²) < 4.78 is 58.1. The lowest BCUT2D eigenvalue weighted by atomic mass is 10.3. The van der Waals surface area contributed by atoms with Crippen molar-refractivity contribution in [2.45, 2.75) is 18.4 Å². The van der Waals surface area contributed by atoms with Crippen molar-refractivity contribution in [1.82, 2.24) is 9.71 Å². The molecule has 126 valence electrons. The van der Waals surface area contributed by atoms with E-state index in [4.69, 9.17) is 4.42 Å². The average molecular weight is 370 g/mol. The predicted molar refractivity (Wildman–Crippen MR) is 84.9 cm³/mol. The molecule has 2 heterocycles. The van der Waals surface area contributed by atoms with Gasteiger partial charge in [0.25, 0.3) is 0 Å². The van der Waals surface area contributed by atoms with Crippen LogP contribution in [-0.4, -0.2) is 13.4 Å². The van der Waals surface area contributed by atoms with Crippen LogP contribution in [0.2, 0.25) is 0 Å². The molecular weight excluding hydrogens is 358 g/mol. The molecule has 0 atom stereocenters. The maximum atomic E-state index is 13.2. The van der Waals surface area contributed by atoms with E-state index in [-0.39, 0.29) is 11.4 Å². The lowest BCUT2D eigenvalue weighted by molar-refractivity contribution is 0.504. The molecular formula is C15H12F2N2O3S2. The third-order valence-corrected chi connectivity index (χ3v) is 5.82. The van der Waals surface area contributed by atoms with Gasteiger partial charge in [0.05, 0.1) is 16.9 Å². The number of nitrogens with zero attached hydrogens (tertiary/aromatic N) is 1. The number of rotatable bonds is 5. The Labute approximate surface area is 141 Å². The van der Waals surface area contributed by atoms with E-state index in [9.17, 15) is 17.2 Å². The van der Waals surface area contributed by atoms with E-state index in [2.05, 4.69) is 9.71 Å². The minimum Gasteiger partial charge on any atom is -0.462 e. The second-order valence-corrected chi connectivity index (χ2v) is 7.76. The van der Waals surface area contributed by atoms with Crippen LogP contribution < -0.4 is 4.72 Å². The van der Waals surface area contributed by atoms with Crippen LogP contribution in [0, 0.1) is 18.6 Å². The van der Waals surface area contributed by atoms with Crippen LogP contribution in [0.5, 0.6) is 0 Å². The topological polar surface area (TPSA) is 72.2 Å². The zero-order chi connectivity index (χ0) is 17.3. The summed E-state index contributed by atoms with van der Waals surface area (Å²) in [5.41, 5.74) is 0.666. The first-order valence-corrected chi connectivity index (χ1v) is 9.11. The van der Waals surface area contributed by atoms with Gasteiger partial charge < -0.3 is 4.42 Å². The van der Waals surface area contributed by atoms with Crippen LogP contribution in [0.4, 0.5) is 8.78 Å². The van der Waals surface area contributed by atoms with E-state index in [1.165, 1.54) is 17.6 Å². The fraction of sp³-hybridized carbons (Fsp3) is 0.133. The molecule has 0 aliphatic heterocycles. The predicted octanol–water partition coefficient (Wildman–Crippen LogP) is 3.47. The zero-order valence-corrected chi connectivity index (χ0v) is 14.0. The molecule has 1 aromatic carbocycles. The summed E-state index contributed by atoms with van der Waals surface area (Å²) in [5.74, 6) is -1.72. The lowest BCUT2D eigenvalue weighted by Crippen LogP contribution is -2.23. The van der Waals surface area contributed by atoms with E-state index in [0.717, 1.165) is 12.1 Å². The van der Waals surface area contributed by atoms with Crippen LogP contribution in [0.25, 0.3) is 10.8 Å². The number of sulfonamides is 1. The van der Waals surface area contributed by atoms with Crippen LogP contribution in [0.3, 0.4) is 0 Å². The zero-order valence-electron chi connectivity index (χ0n) is 12.4. The van der Waals surface area contributed by atoms with Gasteiger partial charge in [-0.05, 0) is 37.3 Å². The highest BCUT2D eigenvalue weighted by molar-refractivity contribution is 7.89. The Balaban J connectivity index is 1.78. The first-order chi connectivity index (χ1) is 11.4.